The number of rotatable bonds is 6. The fraction of sp³-hybridized carbons (Fsp3) is 0.174. The van der Waals surface area contributed by atoms with E-state index in [0.29, 0.717) is 11.5 Å². The van der Waals surface area contributed by atoms with Crippen LogP contribution in [0, 0.1) is 0 Å². The van der Waals surface area contributed by atoms with Crippen molar-refractivity contribution >= 4 is 33.4 Å². The monoisotopic (exact) mass is 374 g/mol. The number of benzene rings is 3. The van der Waals surface area contributed by atoms with Crippen molar-refractivity contribution in [3.8, 4) is 11.5 Å². The average Bonchev–Trinajstić information content (AvgIpc) is 3.05. The van der Waals surface area contributed by atoms with E-state index in [1.807, 2.05) is 36.4 Å². The Morgan fingerprint density at radius 3 is 2.54 bits per heavy atom. The summed E-state index contributed by atoms with van der Waals surface area (Å²) < 4.78 is 13.0. The van der Waals surface area contributed by atoms with Crippen LogP contribution in [0.5, 0.6) is 11.5 Å². The predicted octanol–water partition coefficient (Wildman–Crippen LogP) is 4.84. The molecule has 5 heteroatoms. The number of ether oxygens (including phenoxy) is 2. The first-order chi connectivity index (χ1) is 13.7. The van der Waals surface area contributed by atoms with E-state index in [-0.39, 0.29) is 12.5 Å². The van der Waals surface area contributed by atoms with E-state index < -0.39 is 0 Å². The maximum atomic E-state index is 12.3. The molecule has 0 aliphatic carbocycles. The number of fused-ring (bicyclic) bond motifs is 3. The summed E-state index contributed by atoms with van der Waals surface area (Å²) in [6, 6.07) is 21.5. The number of nitrogens with zero attached hydrogens (tertiary/aromatic N) is 1. The molecule has 0 bridgehead atoms. The lowest BCUT2D eigenvalue weighted by Crippen LogP contribution is -2.20. The van der Waals surface area contributed by atoms with Crippen molar-refractivity contribution in [1.82, 2.24) is 4.57 Å². The first-order valence-electron chi connectivity index (χ1n) is 9.27. The molecule has 1 aromatic heterocycles. The second-order valence-corrected chi connectivity index (χ2v) is 6.51. The number of hydrogen-bond donors (Lipinski definition) is 1. The Labute approximate surface area is 163 Å². The van der Waals surface area contributed by atoms with Gasteiger partial charge < -0.3 is 19.4 Å². The van der Waals surface area contributed by atoms with Crippen molar-refractivity contribution in [3.63, 3.8) is 0 Å². The lowest BCUT2D eigenvalue weighted by atomic mass is 10.1. The lowest BCUT2D eigenvalue weighted by Gasteiger charge is -2.09. The van der Waals surface area contributed by atoms with Crippen LogP contribution in [0.4, 0.5) is 5.69 Å². The third-order valence-electron chi connectivity index (χ3n) is 4.78. The highest BCUT2D eigenvalue weighted by atomic mass is 16.5. The zero-order valence-electron chi connectivity index (χ0n) is 15.9. The summed E-state index contributed by atoms with van der Waals surface area (Å²) in [5, 5.41) is 5.23. The number of amides is 1. The Bertz CT molecular complexity index is 1150. The van der Waals surface area contributed by atoms with Gasteiger partial charge in [0.15, 0.2) is 6.61 Å². The molecule has 4 aromatic rings. The Balaban J connectivity index is 1.53. The number of para-hydroxylation sites is 1. The van der Waals surface area contributed by atoms with E-state index in [1.165, 1.54) is 10.9 Å². The van der Waals surface area contributed by atoms with Crippen LogP contribution in [0.3, 0.4) is 0 Å². The highest BCUT2D eigenvalue weighted by Crippen LogP contribution is 2.31. The Kier molecular flexibility index (Phi) is 4.89. The van der Waals surface area contributed by atoms with Crippen LogP contribution in [-0.2, 0) is 11.3 Å². The van der Waals surface area contributed by atoms with Crippen LogP contribution < -0.4 is 14.8 Å². The van der Waals surface area contributed by atoms with Crippen LogP contribution in [0.25, 0.3) is 21.8 Å². The zero-order valence-corrected chi connectivity index (χ0v) is 15.9. The van der Waals surface area contributed by atoms with Crippen molar-refractivity contribution in [2.45, 2.75) is 13.5 Å². The minimum absolute atomic E-state index is 0.0675. The molecule has 5 nitrogen and oxygen atoms in total. The molecule has 0 aliphatic rings. The second-order valence-electron chi connectivity index (χ2n) is 6.51. The van der Waals surface area contributed by atoms with Gasteiger partial charge in [0, 0.05) is 40.1 Å². The van der Waals surface area contributed by atoms with Gasteiger partial charge in [0.2, 0.25) is 0 Å². The quantitative estimate of drug-likeness (QED) is 0.525. The van der Waals surface area contributed by atoms with Crippen molar-refractivity contribution < 1.29 is 14.3 Å². The van der Waals surface area contributed by atoms with Crippen LogP contribution in [0.1, 0.15) is 6.92 Å². The Morgan fingerprint density at radius 1 is 0.929 bits per heavy atom. The van der Waals surface area contributed by atoms with Crippen molar-refractivity contribution in [2.75, 3.05) is 19.0 Å². The summed E-state index contributed by atoms with van der Waals surface area (Å²) in [6.07, 6.45) is 0. The summed E-state index contributed by atoms with van der Waals surface area (Å²) in [7, 11) is 1.59. The molecule has 0 aliphatic heterocycles. The summed E-state index contributed by atoms with van der Waals surface area (Å²) in [6.45, 7) is 2.96. The maximum Gasteiger partial charge on any atom is 0.262 e. The van der Waals surface area contributed by atoms with Gasteiger partial charge in [0.1, 0.15) is 11.5 Å². The van der Waals surface area contributed by atoms with Gasteiger partial charge in [-0.25, -0.2) is 0 Å². The first kappa shape index (κ1) is 17.9. The number of aryl methyl sites for hydroxylation is 1. The lowest BCUT2D eigenvalue weighted by molar-refractivity contribution is -0.118. The fourth-order valence-corrected chi connectivity index (χ4v) is 3.51. The topological polar surface area (TPSA) is 52.5 Å². The van der Waals surface area contributed by atoms with E-state index in [1.54, 1.807) is 19.2 Å². The molecule has 0 spiro atoms. The van der Waals surface area contributed by atoms with Gasteiger partial charge in [-0.2, -0.15) is 0 Å². The van der Waals surface area contributed by atoms with E-state index in [0.717, 1.165) is 23.1 Å². The normalized spacial score (nSPS) is 10.9. The van der Waals surface area contributed by atoms with Crippen LogP contribution in [0.15, 0.2) is 66.7 Å². The maximum absolute atomic E-state index is 12.3. The fourth-order valence-electron chi connectivity index (χ4n) is 3.51. The number of anilines is 1. The zero-order chi connectivity index (χ0) is 19.5. The molecule has 1 N–H and O–H groups in total. The highest BCUT2D eigenvalue weighted by Gasteiger charge is 2.11. The third-order valence-corrected chi connectivity index (χ3v) is 4.78. The molecule has 142 valence electrons. The molecule has 0 fully saturated rings. The molecule has 0 unspecified atom stereocenters. The van der Waals surface area contributed by atoms with E-state index in [4.69, 9.17) is 9.47 Å². The molecule has 4 rings (SSSR count). The van der Waals surface area contributed by atoms with Gasteiger partial charge in [-0.1, -0.05) is 24.3 Å². The second kappa shape index (κ2) is 7.64. The number of methoxy groups -OCH3 is 1. The van der Waals surface area contributed by atoms with Crippen LogP contribution in [0.2, 0.25) is 0 Å². The van der Waals surface area contributed by atoms with Gasteiger partial charge in [0.25, 0.3) is 5.91 Å². The number of hydrogen-bond acceptors (Lipinski definition) is 3. The molecule has 1 heterocycles. The van der Waals surface area contributed by atoms with Crippen LogP contribution in [-0.4, -0.2) is 24.2 Å². The Morgan fingerprint density at radius 2 is 1.71 bits per heavy atom. The summed E-state index contributed by atoms with van der Waals surface area (Å²) in [4.78, 5) is 12.3. The molecule has 0 saturated heterocycles. The largest absolute Gasteiger partial charge is 0.497 e. The van der Waals surface area contributed by atoms with Gasteiger partial charge >= 0.3 is 0 Å². The van der Waals surface area contributed by atoms with E-state index in [2.05, 4.69) is 35.0 Å². The number of carbonyl (C=O) groups is 1. The standard InChI is InChI=1S/C23H22N2O3/c1-3-25-21-10-5-4-9-19(21)20-13-16(11-12-22(20)25)24-23(26)15-28-18-8-6-7-17(14-18)27-2/h4-14H,3,15H2,1-2H3,(H,24,26). The van der Waals surface area contributed by atoms with Gasteiger partial charge in [-0.15, -0.1) is 0 Å². The summed E-state index contributed by atoms with van der Waals surface area (Å²) >= 11 is 0. The smallest absolute Gasteiger partial charge is 0.262 e. The third kappa shape index (κ3) is 3.39. The van der Waals surface area contributed by atoms with Crippen molar-refractivity contribution in [1.29, 1.82) is 0 Å². The van der Waals surface area contributed by atoms with Crippen molar-refractivity contribution in [3.05, 3.63) is 66.7 Å². The molecule has 0 atom stereocenters. The molecular formula is C23H22N2O3. The highest BCUT2D eigenvalue weighted by molar-refractivity contribution is 6.09. The van der Waals surface area contributed by atoms with E-state index in [9.17, 15) is 4.79 Å². The summed E-state index contributed by atoms with van der Waals surface area (Å²) in [5.74, 6) is 1.08. The van der Waals surface area contributed by atoms with Crippen molar-refractivity contribution in [2.24, 2.45) is 0 Å². The molecule has 28 heavy (non-hydrogen) atoms. The Hall–Kier alpha value is -3.47. The van der Waals surface area contributed by atoms with Crippen LogP contribution >= 0.6 is 0 Å². The average molecular weight is 374 g/mol. The van der Waals surface area contributed by atoms with Gasteiger partial charge in [-0.3, -0.25) is 4.79 Å². The minimum atomic E-state index is -0.207. The molecule has 0 radical (unpaired) electrons. The summed E-state index contributed by atoms with van der Waals surface area (Å²) in [5.41, 5.74) is 3.12. The molecular weight excluding hydrogens is 352 g/mol. The number of nitrogens with one attached hydrogen (secondary N) is 1. The van der Waals surface area contributed by atoms with Gasteiger partial charge in [0.05, 0.1) is 7.11 Å². The first-order valence-corrected chi connectivity index (χ1v) is 9.27. The molecule has 1 amide bonds. The number of aromatic nitrogens is 1. The SMILES string of the molecule is CCn1c2ccccc2c2cc(NC(=O)COc3cccc(OC)c3)ccc21. The number of carbonyl (C=O) groups excluding carboxylic acids is 1. The molecule has 3 aromatic carbocycles. The molecule has 0 saturated carbocycles. The van der Waals surface area contributed by atoms with Gasteiger partial charge in [-0.05, 0) is 43.3 Å². The predicted molar refractivity (Wildman–Crippen MR) is 112 cm³/mol. The minimum Gasteiger partial charge on any atom is -0.497 e. The van der Waals surface area contributed by atoms with E-state index >= 15 is 0 Å².